The lowest BCUT2D eigenvalue weighted by Gasteiger charge is -2.18. The molecule has 2 saturated heterocycles. The maximum absolute atomic E-state index is 14.3. The van der Waals surface area contributed by atoms with Gasteiger partial charge in [-0.2, -0.15) is 0 Å². The Labute approximate surface area is 135 Å². The monoisotopic (exact) mass is 343 g/mol. The fourth-order valence-electron chi connectivity index (χ4n) is 2.87. The number of rotatable bonds is 4. The van der Waals surface area contributed by atoms with Crippen LogP contribution in [0, 0.1) is 5.82 Å². The van der Waals surface area contributed by atoms with Gasteiger partial charge in [-0.3, -0.25) is 13.8 Å². The molecule has 0 saturated carbocycles. The molecule has 7 nitrogen and oxygen atoms in total. The Balaban J connectivity index is 1.72. The Bertz CT molecular complexity index is 634. The van der Waals surface area contributed by atoms with Crippen LogP contribution < -0.4 is 9.03 Å². The number of amides is 1. The molecule has 0 radical (unpaired) electrons. The van der Waals surface area contributed by atoms with Gasteiger partial charge in [-0.25, -0.2) is 8.60 Å². The first-order valence-corrected chi connectivity index (χ1v) is 8.45. The zero-order valence-corrected chi connectivity index (χ0v) is 13.2. The third kappa shape index (κ3) is 3.46. The Morgan fingerprint density at radius 3 is 2.78 bits per heavy atom. The fraction of sp³-hybridized carbons (Fsp3) is 0.500. The number of β-amino-alcohol motifs (C(OH)–C–C–N with tert-alkyl or cyclic N) is 1. The Kier molecular flexibility index (Phi) is 4.51. The van der Waals surface area contributed by atoms with Gasteiger partial charge < -0.3 is 15.1 Å². The third-order valence-corrected chi connectivity index (χ3v) is 5.12. The molecule has 2 atom stereocenters. The first-order chi connectivity index (χ1) is 10.9. The lowest BCUT2D eigenvalue weighted by molar-refractivity contribution is -0.117. The lowest BCUT2D eigenvalue weighted by Crippen LogP contribution is -2.25. The van der Waals surface area contributed by atoms with Crippen molar-refractivity contribution in [3.63, 3.8) is 0 Å². The molecule has 2 aliphatic rings. The molecule has 126 valence electrons. The van der Waals surface area contributed by atoms with E-state index in [4.69, 9.17) is 0 Å². The molecule has 1 aromatic carbocycles. The molecule has 2 unspecified atom stereocenters. The van der Waals surface area contributed by atoms with Gasteiger partial charge in [-0.1, -0.05) is 0 Å². The molecule has 0 aliphatic carbocycles. The van der Waals surface area contributed by atoms with Gasteiger partial charge in [-0.05, 0) is 30.5 Å². The molecule has 23 heavy (non-hydrogen) atoms. The zero-order chi connectivity index (χ0) is 16.6. The molecule has 1 amide bonds. The van der Waals surface area contributed by atoms with Crippen molar-refractivity contribution in [2.45, 2.75) is 18.9 Å². The molecule has 2 fully saturated rings. The second-order valence-corrected chi connectivity index (χ2v) is 6.89. The highest BCUT2D eigenvalue weighted by atomic mass is 32.2. The SMILES string of the molecule is O=C1CN(c2c(O)cc(CCN3CCC(O)C3)cc2F)S(=O)N1. The number of carbonyl (C=O) groups excluding carboxylic acids is 1. The average molecular weight is 343 g/mol. The number of aliphatic hydroxyl groups is 1. The van der Waals surface area contributed by atoms with E-state index in [9.17, 15) is 23.6 Å². The Morgan fingerprint density at radius 2 is 2.22 bits per heavy atom. The van der Waals surface area contributed by atoms with E-state index < -0.39 is 22.9 Å². The minimum Gasteiger partial charge on any atom is -0.506 e. The third-order valence-electron chi connectivity index (χ3n) is 4.01. The van der Waals surface area contributed by atoms with E-state index in [0.29, 0.717) is 25.1 Å². The first kappa shape index (κ1) is 16.2. The smallest absolute Gasteiger partial charge is 0.253 e. The van der Waals surface area contributed by atoms with Crippen molar-refractivity contribution in [1.29, 1.82) is 0 Å². The van der Waals surface area contributed by atoms with Crippen LogP contribution in [0.2, 0.25) is 0 Å². The van der Waals surface area contributed by atoms with Gasteiger partial charge in [0.25, 0.3) is 5.91 Å². The van der Waals surface area contributed by atoms with Gasteiger partial charge in [0.2, 0.25) is 11.2 Å². The standard InChI is InChI=1S/C14H18FN3O4S/c15-11-5-9(1-3-17-4-2-10(19)7-17)6-12(20)14(11)18-8-13(21)16-23(18)22/h5-6,10,19-20H,1-4,7-8H2,(H,16,21). The molecule has 9 heteroatoms. The van der Waals surface area contributed by atoms with Crippen LogP contribution in [0.15, 0.2) is 12.1 Å². The summed E-state index contributed by atoms with van der Waals surface area (Å²) in [5, 5.41) is 19.5. The molecule has 0 spiro atoms. The number of likely N-dealkylation sites (tertiary alicyclic amines) is 1. The van der Waals surface area contributed by atoms with Crippen molar-refractivity contribution in [1.82, 2.24) is 9.62 Å². The summed E-state index contributed by atoms with van der Waals surface area (Å²) in [6.45, 7) is 1.80. The summed E-state index contributed by atoms with van der Waals surface area (Å²) in [5.74, 6) is -1.54. The normalized spacial score (nSPS) is 25.1. The highest BCUT2D eigenvalue weighted by Gasteiger charge is 2.31. The summed E-state index contributed by atoms with van der Waals surface area (Å²) in [6.07, 6.45) is 0.954. The van der Waals surface area contributed by atoms with E-state index in [0.717, 1.165) is 17.3 Å². The van der Waals surface area contributed by atoms with Crippen molar-refractivity contribution in [2.24, 2.45) is 0 Å². The van der Waals surface area contributed by atoms with Crippen molar-refractivity contribution < 1.29 is 23.6 Å². The molecular formula is C14H18FN3O4S. The highest BCUT2D eigenvalue weighted by Crippen LogP contribution is 2.33. The van der Waals surface area contributed by atoms with E-state index in [1.54, 1.807) is 0 Å². The van der Waals surface area contributed by atoms with Crippen molar-refractivity contribution in [3.05, 3.63) is 23.5 Å². The summed E-state index contributed by atoms with van der Waals surface area (Å²) >= 11 is -1.88. The number of nitrogens with zero attached hydrogens (tertiary/aromatic N) is 2. The summed E-state index contributed by atoms with van der Waals surface area (Å²) in [7, 11) is 0. The van der Waals surface area contributed by atoms with Crippen LogP contribution in [-0.2, 0) is 22.4 Å². The molecule has 1 aromatic rings. The van der Waals surface area contributed by atoms with Gasteiger partial charge in [0.05, 0.1) is 6.10 Å². The topological polar surface area (TPSA) is 93.1 Å². The maximum atomic E-state index is 14.3. The summed E-state index contributed by atoms with van der Waals surface area (Å²) in [6, 6.07) is 2.70. The molecule has 3 N–H and O–H groups in total. The average Bonchev–Trinajstić information content (AvgIpc) is 3.02. The largest absolute Gasteiger partial charge is 0.506 e. The number of nitrogens with one attached hydrogen (secondary N) is 1. The Hall–Kier alpha value is -1.71. The van der Waals surface area contributed by atoms with E-state index >= 15 is 0 Å². The number of hydrogen-bond donors (Lipinski definition) is 3. The minimum atomic E-state index is -1.88. The minimum absolute atomic E-state index is 0.234. The van der Waals surface area contributed by atoms with Crippen LogP contribution >= 0.6 is 0 Å². The molecule has 0 aromatic heterocycles. The van der Waals surface area contributed by atoms with E-state index in [2.05, 4.69) is 9.62 Å². The van der Waals surface area contributed by atoms with E-state index in [-0.39, 0.29) is 24.1 Å². The summed E-state index contributed by atoms with van der Waals surface area (Å²) in [5.41, 5.74) is 0.372. The second-order valence-electron chi connectivity index (χ2n) is 5.75. The Morgan fingerprint density at radius 1 is 1.43 bits per heavy atom. The predicted molar refractivity (Wildman–Crippen MR) is 82.5 cm³/mol. The molecule has 0 bridgehead atoms. The highest BCUT2D eigenvalue weighted by molar-refractivity contribution is 7.85. The second kappa shape index (κ2) is 6.42. The number of phenolic OH excluding ortho intramolecular Hbond substituents is 1. The lowest BCUT2D eigenvalue weighted by atomic mass is 10.1. The van der Waals surface area contributed by atoms with Crippen LogP contribution in [0.5, 0.6) is 5.75 Å². The van der Waals surface area contributed by atoms with Crippen LogP contribution in [0.3, 0.4) is 0 Å². The van der Waals surface area contributed by atoms with E-state index in [1.165, 1.54) is 12.1 Å². The van der Waals surface area contributed by atoms with Crippen molar-refractivity contribution >= 4 is 22.8 Å². The number of benzene rings is 1. The summed E-state index contributed by atoms with van der Waals surface area (Å²) in [4.78, 5) is 13.3. The maximum Gasteiger partial charge on any atom is 0.253 e. The van der Waals surface area contributed by atoms with Gasteiger partial charge in [0.1, 0.15) is 18.0 Å². The number of halogens is 1. The molecule has 3 rings (SSSR count). The van der Waals surface area contributed by atoms with E-state index in [1.807, 2.05) is 0 Å². The molecular weight excluding hydrogens is 325 g/mol. The zero-order valence-electron chi connectivity index (χ0n) is 12.4. The van der Waals surface area contributed by atoms with Crippen molar-refractivity contribution in [2.75, 3.05) is 30.5 Å². The molecule has 2 aliphatic heterocycles. The number of hydrogen-bond acceptors (Lipinski definition) is 5. The van der Waals surface area contributed by atoms with Crippen molar-refractivity contribution in [3.8, 4) is 5.75 Å². The quantitative estimate of drug-likeness (QED) is 0.695. The predicted octanol–water partition coefficient (Wildman–Crippen LogP) is -0.345. The summed E-state index contributed by atoms with van der Waals surface area (Å²) < 4.78 is 29.1. The van der Waals surface area contributed by atoms with Gasteiger partial charge in [0.15, 0.2) is 5.82 Å². The number of aromatic hydroxyl groups is 1. The fourth-order valence-corrected chi connectivity index (χ4v) is 3.82. The van der Waals surface area contributed by atoms with Crippen LogP contribution in [0.4, 0.5) is 10.1 Å². The van der Waals surface area contributed by atoms with Gasteiger partial charge in [0, 0.05) is 19.6 Å². The number of phenols is 1. The number of aliphatic hydroxyl groups excluding tert-OH is 1. The van der Waals surface area contributed by atoms with Crippen LogP contribution in [-0.4, -0.2) is 57.5 Å². The van der Waals surface area contributed by atoms with Crippen LogP contribution in [0.1, 0.15) is 12.0 Å². The van der Waals surface area contributed by atoms with Crippen LogP contribution in [0.25, 0.3) is 0 Å². The van der Waals surface area contributed by atoms with Gasteiger partial charge >= 0.3 is 0 Å². The number of carbonyl (C=O) groups is 1. The number of anilines is 1. The van der Waals surface area contributed by atoms with Gasteiger partial charge in [-0.15, -0.1) is 0 Å². The first-order valence-electron chi connectivity index (χ1n) is 7.35. The molecule has 2 heterocycles.